The van der Waals surface area contributed by atoms with Gasteiger partial charge >= 0.3 is 5.97 Å². The number of ether oxygens (including phenoxy) is 4. The third-order valence-corrected chi connectivity index (χ3v) is 3.07. The summed E-state index contributed by atoms with van der Waals surface area (Å²) in [5.41, 5.74) is 0.0498. The van der Waals surface area contributed by atoms with Gasteiger partial charge in [0.05, 0.1) is 14.2 Å². The van der Waals surface area contributed by atoms with Crippen LogP contribution in [0.4, 0.5) is 0 Å². The van der Waals surface area contributed by atoms with Gasteiger partial charge < -0.3 is 24.1 Å². The standard InChI is InChI=1S/C17H18O6/c1-20-12-3-5-13(6-4-12)22-9-10-23-17(19)15-11-14(21-2)7-8-16(15)18/h3-8,11,18H,9-10H2,1-2H3. The molecule has 2 rings (SSSR count). The summed E-state index contributed by atoms with van der Waals surface area (Å²) in [7, 11) is 3.06. The summed E-state index contributed by atoms with van der Waals surface area (Å²) in [6.45, 7) is 0.254. The topological polar surface area (TPSA) is 74.2 Å². The fourth-order valence-electron chi connectivity index (χ4n) is 1.85. The van der Waals surface area contributed by atoms with Crippen LogP contribution in [0.1, 0.15) is 10.4 Å². The first-order valence-corrected chi connectivity index (χ1v) is 6.95. The van der Waals surface area contributed by atoms with E-state index >= 15 is 0 Å². The Morgan fingerprint density at radius 2 is 1.52 bits per heavy atom. The molecule has 122 valence electrons. The summed E-state index contributed by atoms with van der Waals surface area (Å²) in [5.74, 6) is 1.04. The largest absolute Gasteiger partial charge is 0.507 e. The van der Waals surface area contributed by atoms with E-state index in [-0.39, 0.29) is 24.5 Å². The number of benzene rings is 2. The van der Waals surface area contributed by atoms with E-state index in [1.54, 1.807) is 37.4 Å². The number of esters is 1. The molecular weight excluding hydrogens is 300 g/mol. The van der Waals surface area contributed by atoms with E-state index in [0.717, 1.165) is 5.75 Å². The molecule has 0 spiro atoms. The van der Waals surface area contributed by atoms with Crippen molar-refractivity contribution in [2.75, 3.05) is 27.4 Å². The van der Waals surface area contributed by atoms with E-state index in [2.05, 4.69) is 0 Å². The van der Waals surface area contributed by atoms with Gasteiger partial charge in [-0.15, -0.1) is 0 Å². The van der Waals surface area contributed by atoms with Gasteiger partial charge in [0.15, 0.2) is 0 Å². The third kappa shape index (κ3) is 4.54. The molecule has 0 aliphatic rings. The van der Waals surface area contributed by atoms with Crippen molar-refractivity contribution < 1.29 is 28.8 Å². The molecule has 0 radical (unpaired) electrons. The highest BCUT2D eigenvalue weighted by atomic mass is 16.6. The zero-order chi connectivity index (χ0) is 16.7. The Bertz CT molecular complexity index is 651. The minimum absolute atomic E-state index is 0.0498. The van der Waals surface area contributed by atoms with Crippen LogP contribution >= 0.6 is 0 Å². The van der Waals surface area contributed by atoms with Crippen molar-refractivity contribution >= 4 is 5.97 Å². The molecule has 2 aromatic rings. The Labute approximate surface area is 134 Å². The first-order valence-electron chi connectivity index (χ1n) is 6.95. The van der Waals surface area contributed by atoms with Crippen molar-refractivity contribution in [3.8, 4) is 23.0 Å². The highest BCUT2D eigenvalue weighted by Gasteiger charge is 2.13. The Morgan fingerprint density at radius 1 is 0.913 bits per heavy atom. The predicted molar refractivity (Wildman–Crippen MR) is 83.4 cm³/mol. The van der Waals surface area contributed by atoms with Crippen molar-refractivity contribution in [3.05, 3.63) is 48.0 Å². The molecule has 6 heteroatoms. The molecular formula is C17H18O6. The van der Waals surface area contributed by atoms with Gasteiger partial charge in [-0.2, -0.15) is 0 Å². The average molecular weight is 318 g/mol. The molecule has 0 fully saturated rings. The first kappa shape index (κ1) is 16.5. The van der Waals surface area contributed by atoms with Crippen molar-refractivity contribution in [1.29, 1.82) is 0 Å². The number of hydrogen-bond acceptors (Lipinski definition) is 6. The molecule has 6 nitrogen and oxygen atoms in total. The van der Waals surface area contributed by atoms with E-state index in [1.807, 2.05) is 0 Å². The molecule has 23 heavy (non-hydrogen) atoms. The molecule has 0 aromatic heterocycles. The molecule has 0 saturated heterocycles. The van der Waals surface area contributed by atoms with Gasteiger partial charge in [-0.25, -0.2) is 4.79 Å². The minimum atomic E-state index is -0.639. The van der Waals surface area contributed by atoms with Crippen LogP contribution in [0, 0.1) is 0 Å². The van der Waals surface area contributed by atoms with E-state index < -0.39 is 5.97 Å². The fourth-order valence-corrected chi connectivity index (χ4v) is 1.85. The maximum absolute atomic E-state index is 11.9. The molecule has 0 bridgehead atoms. The monoisotopic (exact) mass is 318 g/mol. The molecule has 1 N–H and O–H groups in total. The van der Waals surface area contributed by atoms with Crippen LogP contribution in [0.5, 0.6) is 23.0 Å². The average Bonchev–Trinajstić information content (AvgIpc) is 2.59. The van der Waals surface area contributed by atoms with Crippen LogP contribution in [0.2, 0.25) is 0 Å². The maximum atomic E-state index is 11.9. The Morgan fingerprint density at radius 3 is 2.17 bits per heavy atom. The minimum Gasteiger partial charge on any atom is -0.507 e. The highest BCUT2D eigenvalue weighted by molar-refractivity contribution is 5.92. The van der Waals surface area contributed by atoms with Gasteiger partial charge in [0, 0.05) is 0 Å². The van der Waals surface area contributed by atoms with Gasteiger partial charge in [0.2, 0.25) is 0 Å². The number of hydrogen-bond donors (Lipinski definition) is 1. The third-order valence-electron chi connectivity index (χ3n) is 3.07. The van der Waals surface area contributed by atoms with E-state index in [9.17, 15) is 9.90 Å². The Balaban J connectivity index is 1.82. The maximum Gasteiger partial charge on any atom is 0.342 e. The quantitative estimate of drug-likeness (QED) is 0.625. The molecule has 0 saturated carbocycles. The van der Waals surface area contributed by atoms with Crippen LogP contribution in [-0.4, -0.2) is 38.5 Å². The van der Waals surface area contributed by atoms with E-state index in [4.69, 9.17) is 18.9 Å². The summed E-state index contributed by atoms with van der Waals surface area (Å²) in [6, 6.07) is 11.4. The normalized spacial score (nSPS) is 10.0. The lowest BCUT2D eigenvalue weighted by Crippen LogP contribution is -2.12. The lowest BCUT2D eigenvalue weighted by molar-refractivity contribution is 0.0447. The van der Waals surface area contributed by atoms with Crippen molar-refractivity contribution in [3.63, 3.8) is 0 Å². The van der Waals surface area contributed by atoms with Crippen LogP contribution in [0.3, 0.4) is 0 Å². The summed E-state index contributed by atoms with van der Waals surface area (Å²) in [5, 5.41) is 9.69. The molecule has 0 atom stereocenters. The SMILES string of the molecule is COc1ccc(OCCOC(=O)c2cc(OC)ccc2O)cc1. The predicted octanol–water partition coefficient (Wildman–Crippen LogP) is 2.65. The zero-order valence-electron chi connectivity index (χ0n) is 12.9. The lowest BCUT2D eigenvalue weighted by Gasteiger charge is -2.09. The van der Waals surface area contributed by atoms with Gasteiger partial charge in [0.1, 0.15) is 41.8 Å². The number of phenolic OH excluding ortho intramolecular Hbond substituents is 1. The molecule has 2 aromatic carbocycles. The highest BCUT2D eigenvalue weighted by Crippen LogP contribution is 2.23. The van der Waals surface area contributed by atoms with Gasteiger partial charge in [-0.1, -0.05) is 0 Å². The van der Waals surface area contributed by atoms with Crippen LogP contribution in [0.25, 0.3) is 0 Å². The lowest BCUT2D eigenvalue weighted by atomic mass is 10.2. The number of methoxy groups -OCH3 is 2. The van der Waals surface area contributed by atoms with Crippen molar-refractivity contribution in [1.82, 2.24) is 0 Å². The van der Waals surface area contributed by atoms with Crippen LogP contribution in [0.15, 0.2) is 42.5 Å². The van der Waals surface area contributed by atoms with Gasteiger partial charge in [-0.05, 0) is 42.5 Å². The van der Waals surface area contributed by atoms with Crippen LogP contribution in [-0.2, 0) is 4.74 Å². The second kappa shape index (κ2) is 7.93. The van der Waals surface area contributed by atoms with Crippen molar-refractivity contribution in [2.24, 2.45) is 0 Å². The second-order valence-corrected chi connectivity index (χ2v) is 4.54. The summed E-state index contributed by atoms with van der Waals surface area (Å²) >= 11 is 0. The van der Waals surface area contributed by atoms with Gasteiger partial charge in [0.25, 0.3) is 0 Å². The molecule has 0 unspecified atom stereocenters. The van der Waals surface area contributed by atoms with E-state index in [1.165, 1.54) is 19.2 Å². The van der Waals surface area contributed by atoms with Crippen LogP contribution < -0.4 is 14.2 Å². The molecule has 0 aliphatic carbocycles. The molecule has 0 heterocycles. The molecule has 0 amide bonds. The summed E-state index contributed by atoms with van der Waals surface area (Å²) in [6.07, 6.45) is 0. The van der Waals surface area contributed by atoms with E-state index in [0.29, 0.717) is 11.5 Å². The number of carbonyl (C=O) groups excluding carboxylic acids is 1. The summed E-state index contributed by atoms with van der Waals surface area (Å²) < 4.78 is 20.6. The first-order chi connectivity index (χ1) is 11.1. The number of aromatic hydroxyl groups is 1. The second-order valence-electron chi connectivity index (χ2n) is 4.54. The number of rotatable bonds is 7. The molecule has 0 aliphatic heterocycles. The van der Waals surface area contributed by atoms with Crippen molar-refractivity contribution in [2.45, 2.75) is 0 Å². The number of carbonyl (C=O) groups is 1. The Hall–Kier alpha value is -2.89. The fraction of sp³-hybridized carbons (Fsp3) is 0.235. The number of phenols is 1. The smallest absolute Gasteiger partial charge is 0.342 e. The van der Waals surface area contributed by atoms with Gasteiger partial charge in [-0.3, -0.25) is 0 Å². The zero-order valence-corrected chi connectivity index (χ0v) is 12.9. The Kier molecular flexibility index (Phi) is 5.68. The summed E-state index contributed by atoms with van der Waals surface area (Å²) in [4.78, 5) is 11.9.